The molecule has 0 fully saturated rings. The third-order valence-electron chi connectivity index (χ3n) is 1.69. The van der Waals surface area contributed by atoms with Gasteiger partial charge in [0.05, 0.1) is 6.42 Å². The van der Waals surface area contributed by atoms with Gasteiger partial charge in [-0.2, -0.15) is 0 Å². The van der Waals surface area contributed by atoms with E-state index in [-0.39, 0.29) is 5.91 Å². The van der Waals surface area contributed by atoms with E-state index in [1.54, 1.807) is 0 Å². The first-order valence-electron chi connectivity index (χ1n) is 3.93. The normalized spacial score (nSPS) is 17.3. The molecular formula is C9H13NO. The zero-order valence-electron chi connectivity index (χ0n) is 6.55. The average molecular weight is 151 g/mol. The van der Waals surface area contributed by atoms with Crippen LogP contribution in [0.2, 0.25) is 0 Å². The number of carbonyl (C=O) groups is 1. The largest absolute Gasteiger partial charge is 0.369 e. The number of hydrogen-bond acceptors (Lipinski definition) is 1. The quantitative estimate of drug-likeness (QED) is 0.639. The van der Waals surface area contributed by atoms with Gasteiger partial charge in [-0.15, -0.1) is 0 Å². The molecule has 2 N–H and O–H groups in total. The molecule has 0 bridgehead atoms. The molecule has 1 aliphatic carbocycles. The Hall–Kier alpha value is -1.05. The molecule has 0 aromatic rings. The number of primary amides is 1. The monoisotopic (exact) mass is 151 g/mol. The molecule has 0 spiro atoms. The topological polar surface area (TPSA) is 43.1 Å². The minimum Gasteiger partial charge on any atom is -0.369 e. The van der Waals surface area contributed by atoms with E-state index in [0.717, 1.165) is 18.4 Å². The summed E-state index contributed by atoms with van der Waals surface area (Å²) in [5.41, 5.74) is 6.13. The Kier molecular flexibility index (Phi) is 2.90. The van der Waals surface area contributed by atoms with Gasteiger partial charge in [0.25, 0.3) is 0 Å². The molecule has 1 rings (SSSR count). The predicted octanol–water partition coefficient (Wildman–Crippen LogP) is 1.53. The molecule has 0 heterocycles. The van der Waals surface area contributed by atoms with Gasteiger partial charge in [-0.1, -0.05) is 18.2 Å². The fraction of sp³-hybridized carbons (Fsp3) is 0.444. The van der Waals surface area contributed by atoms with Crippen LogP contribution in [0.5, 0.6) is 0 Å². The second-order valence-electron chi connectivity index (χ2n) is 2.76. The highest BCUT2D eigenvalue weighted by Gasteiger charge is 1.99. The summed E-state index contributed by atoms with van der Waals surface area (Å²) in [6, 6.07) is 0. The minimum atomic E-state index is -0.247. The predicted molar refractivity (Wildman–Crippen MR) is 44.9 cm³/mol. The standard InChI is InChI=1S/C9H13NO/c10-9(11)7-8-5-3-1-2-4-6-8/h3,5-6H,1-2,4,7H2,(H2,10,11). The lowest BCUT2D eigenvalue weighted by Gasteiger charge is -1.94. The van der Waals surface area contributed by atoms with Crippen LogP contribution in [0.25, 0.3) is 0 Å². The maximum Gasteiger partial charge on any atom is 0.221 e. The fourth-order valence-electron chi connectivity index (χ4n) is 1.16. The SMILES string of the molecule is NC(=O)CC1=CCCCC=C1. The smallest absolute Gasteiger partial charge is 0.221 e. The van der Waals surface area contributed by atoms with E-state index in [0.29, 0.717) is 6.42 Å². The van der Waals surface area contributed by atoms with Gasteiger partial charge in [0.2, 0.25) is 5.91 Å². The minimum absolute atomic E-state index is 0.247. The van der Waals surface area contributed by atoms with Crippen LogP contribution in [0.3, 0.4) is 0 Å². The highest BCUT2D eigenvalue weighted by Crippen LogP contribution is 2.12. The molecule has 0 radical (unpaired) electrons. The molecule has 2 nitrogen and oxygen atoms in total. The number of nitrogens with two attached hydrogens (primary N) is 1. The Morgan fingerprint density at radius 3 is 3.09 bits per heavy atom. The van der Waals surface area contributed by atoms with Crippen LogP contribution < -0.4 is 5.73 Å². The Labute approximate surface area is 66.8 Å². The molecule has 0 saturated carbocycles. The van der Waals surface area contributed by atoms with Gasteiger partial charge in [-0.3, -0.25) is 4.79 Å². The van der Waals surface area contributed by atoms with Gasteiger partial charge in [0, 0.05) is 0 Å². The molecule has 11 heavy (non-hydrogen) atoms. The van der Waals surface area contributed by atoms with Crippen molar-refractivity contribution in [3.05, 3.63) is 23.8 Å². The first-order chi connectivity index (χ1) is 5.29. The van der Waals surface area contributed by atoms with Crippen molar-refractivity contribution in [2.45, 2.75) is 25.7 Å². The van der Waals surface area contributed by atoms with Gasteiger partial charge in [0.1, 0.15) is 0 Å². The maximum atomic E-state index is 10.5. The third kappa shape index (κ3) is 3.03. The van der Waals surface area contributed by atoms with Gasteiger partial charge in [-0.25, -0.2) is 0 Å². The number of allylic oxidation sites excluding steroid dienone is 3. The van der Waals surface area contributed by atoms with Crippen LogP contribution in [0.4, 0.5) is 0 Å². The molecule has 0 aromatic carbocycles. The van der Waals surface area contributed by atoms with Crippen molar-refractivity contribution in [1.82, 2.24) is 0 Å². The summed E-state index contributed by atoms with van der Waals surface area (Å²) >= 11 is 0. The Balaban J connectivity index is 2.53. The first-order valence-corrected chi connectivity index (χ1v) is 3.93. The highest BCUT2D eigenvalue weighted by atomic mass is 16.1. The summed E-state index contributed by atoms with van der Waals surface area (Å²) < 4.78 is 0. The summed E-state index contributed by atoms with van der Waals surface area (Å²) in [5.74, 6) is -0.247. The van der Waals surface area contributed by atoms with Gasteiger partial charge in [-0.05, 0) is 24.8 Å². The van der Waals surface area contributed by atoms with E-state index >= 15 is 0 Å². The van der Waals surface area contributed by atoms with E-state index < -0.39 is 0 Å². The molecule has 0 saturated heterocycles. The zero-order chi connectivity index (χ0) is 8.10. The summed E-state index contributed by atoms with van der Waals surface area (Å²) in [6.07, 6.45) is 9.93. The van der Waals surface area contributed by atoms with Crippen LogP contribution >= 0.6 is 0 Å². The molecule has 0 aromatic heterocycles. The van der Waals surface area contributed by atoms with Crippen LogP contribution in [0.1, 0.15) is 25.7 Å². The van der Waals surface area contributed by atoms with Gasteiger partial charge < -0.3 is 5.73 Å². The molecule has 0 aliphatic heterocycles. The van der Waals surface area contributed by atoms with Crippen molar-refractivity contribution in [2.75, 3.05) is 0 Å². The third-order valence-corrected chi connectivity index (χ3v) is 1.69. The van der Waals surface area contributed by atoms with E-state index in [4.69, 9.17) is 5.73 Å². The van der Waals surface area contributed by atoms with Crippen molar-refractivity contribution in [2.24, 2.45) is 5.73 Å². The fourth-order valence-corrected chi connectivity index (χ4v) is 1.16. The average Bonchev–Trinajstić information content (AvgIpc) is 2.14. The summed E-state index contributed by atoms with van der Waals surface area (Å²) in [5, 5.41) is 0. The van der Waals surface area contributed by atoms with Crippen LogP contribution in [0, 0.1) is 0 Å². The summed E-state index contributed by atoms with van der Waals surface area (Å²) in [7, 11) is 0. The lowest BCUT2D eigenvalue weighted by Crippen LogP contribution is -2.10. The molecule has 0 unspecified atom stereocenters. The Morgan fingerprint density at radius 2 is 2.36 bits per heavy atom. The lowest BCUT2D eigenvalue weighted by atomic mass is 10.1. The van der Waals surface area contributed by atoms with Crippen LogP contribution in [-0.2, 0) is 4.79 Å². The van der Waals surface area contributed by atoms with Crippen molar-refractivity contribution in [3.8, 4) is 0 Å². The molecule has 0 atom stereocenters. The Bertz CT molecular complexity index is 204. The maximum absolute atomic E-state index is 10.5. The van der Waals surface area contributed by atoms with Crippen LogP contribution in [0.15, 0.2) is 23.8 Å². The number of hydrogen-bond donors (Lipinski definition) is 1. The first kappa shape index (κ1) is 8.05. The van der Waals surface area contributed by atoms with E-state index in [1.165, 1.54) is 6.42 Å². The van der Waals surface area contributed by atoms with E-state index in [1.807, 2.05) is 6.08 Å². The van der Waals surface area contributed by atoms with Crippen molar-refractivity contribution >= 4 is 5.91 Å². The van der Waals surface area contributed by atoms with Crippen molar-refractivity contribution in [3.63, 3.8) is 0 Å². The van der Waals surface area contributed by atoms with Crippen molar-refractivity contribution < 1.29 is 4.79 Å². The number of amides is 1. The second kappa shape index (κ2) is 3.96. The molecular weight excluding hydrogens is 138 g/mol. The summed E-state index contributed by atoms with van der Waals surface area (Å²) in [6.45, 7) is 0. The van der Waals surface area contributed by atoms with Crippen LogP contribution in [-0.4, -0.2) is 5.91 Å². The van der Waals surface area contributed by atoms with Crippen molar-refractivity contribution in [1.29, 1.82) is 0 Å². The highest BCUT2D eigenvalue weighted by molar-refractivity contribution is 5.77. The Morgan fingerprint density at radius 1 is 1.55 bits per heavy atom. The number of carbonyl (C=O) groups excluding carboxylic acids is 1. The summed E-state index contributed by atoms with van der Waals surface area (Å²) in [4.78, 5) is 10.5. The van der Waals surface area contributed by atoms with Gasteiger partial charge in [0.15, 0.2) is 0 Å². The van der Waals surface area contributed by atoms with E-state index in [9.17, 15) is 4.79 Å². The molecule has 2 heteroatoms. The van der Waals surface area contributed by atoms with Gasteiger partial charge >= 0.3 is 0 Å². The molecule has 1 aliphatic rings. The molecule has 60 valence electrons. The zero-order valence-corrected chi connectivity index (χ0v) is 6.55. The molecule has 1 amide bonds. The van der Waals surface area contributed by atoms with E-state index in [2.05, 4.69) is 12.2 Å². The second-order valence-corrected chi connectivity index (χ2v) is 2.76. The lowest BCUT2D eigenvalue weighted by molar-refractivity contribution is -0.117. The number of rotatable bonds is 2.